The molecular weight excluding hydrogens is 272 g/mol. The van der Waals surface area contributed by atoms with Gasteiger partial charge in [0.25, 0.3) is 0 Å². The van der Waals surface area contributed by atoms with Crippen molar-refractivity contribution in [3.05, 3.63) is 35.4 Å². The van der Waals surface area contributed by atoms with E-state index in [1.54, 1.807) is 0 Å². The average molecular weight is 297 g/mol. The van der Waals surface area contributed by atoms with Crippen LogP contribution in [0, 0.1) is 5.92 Å². The Hall–Kier alpha value is -1.06. The number of halogens is 1. The molecule has 1 fully saturated rings. The first-order chi connectivity index (χ1) is 9.20. The van der Waals surface area contributed by atoms with Gasteiger partial charge in [0.05, 0.1) is 12.0 Å². The van der Waals surface area contributed by atoms with Crippen LogP contribution < -0.4 is 10.6 Å². The summed E-state index contributed by atoms with van der Waals surface area (Å²) < 4.78 is 0. The van der Waals surface area contributed by atoms with Crippen molar-refractivity contribution in [1.29, 1.82) is 0 Å². The fourth-order valence-electron chi connectivity index (χ4n) is 2.53. The molecule has 1 aromatic carbocycles. The SMILES string of the molecule is CCc1ccc(C(C)NC(=O)[C@@H]2CCCNC2)cc1.Cl. The Kier molecular flexibility index (Phi) is 7.03. The van der Waals surface area contributed by atoms with Crippen LogP contribution in [-0.2, 0) is 11.2 Å². The standard InChI is InChI=1S/C16H24N2O.ClH/c1-3-13-6-8-14(9-7-13)12(2)18-16(19)15-5-4-10-17-11-15;/h6-9,12,15,17H,3-5,10-11H2,1-2H3,(H,18,19);1H/t12?,15-;/m1./s1. The first-order valence-corrected chi connectivity index (χ1v) is 7.30. The summed E-state index contributed by atoms with van der Waals surface area (Å²) in [5, 5.41) is 6.41. The Morgan fingerprint density at radius 3 is 2.65 bits per heavy atom. The molecule has 2 atom stereocenters. The molecule has 20 heavy (non-hydrogen) atoms. The molecular formula is C16H25ClN2O. The van der Waals surface area contributed by atoms with E-state index < -0.39 is 0 Å². The molecule has 0 aliphatic carbocycles. The molecule has 3 nitrogen and oxygen atoms in total. The summed E-state index contributed by atoms with van der Waals surface area (Å²) in [5.74, 6) is 0.311. The summed E-state index contributed by atoms with van der Waals surface area (Å²) in [4.78, 5) is 12.2. The lowest BCUT2D eigenvalue weighted by Gasteiger charge is -2.24. The number of carbonyl (C=O) groups is 1. The average Bonchev–Trinajstić information content (AvgIpc) is 2.48. The van der Waals surface area contributed by atoms with Gasteiger partial charge < -0.3 is 10.6 Å². The largest absolute Gasteiger partial charge is 0.349 e. The number of piperidine rings is 1. The van der Waals surface area contributed by atoms with Crippen LogP contribution in [0.5, 0.6) is 0 Å². The van der Waals surface area contributed by atoms with Gasteiger partial charge in [0.1, 0.15) is 0 Å². The van der Waals surface area contributed by atoms with Crippen LogP contribution in [0.4, 0.5) is 0 Å². The number of carbonyl (C=O) groups excluding carboxylic acids is 1. The van der Waals surface area contributed by atoms with Crippen LogP contribution in [0.2, 0.25) is 0 Å². The van der Waals surface area contributed by atoms with Crippen molar-refractivity contribution in [2.75, 3.05) is 13.1 Å². The molecule has 2 N–H and O–H groups in total. The van der Waals surface area contributed by atoms with Crippen molar-refractivity contribution in [2.45, 2.75) is 39.2 Å². The molecule has 0 radical (unpaired) electrons. The fraction of sp³-hybridized carbons (Fsp3) is 0.562. The first-order valence-electron chi connectivity index (χ1n) is 7.30. The lowest BCUT2D eigenvalue weighted by Crippen LogP contribution is -2.41. The van der Waals surface area contributed by atoms with Gasteiger partial charge in [-0.25, -0.2) is 0 Å². The number of amides is 1. The minimum absolute atomic E-state index is 0. The number of benzene rings is 1. The summed E-state index contributed by atoms with van der Waals surface area (Å²) in [6.45, 7) is 6.05. The summed E-state index contributed by atoms with van der Waals surface area (Å²) in [6, 6.07) is 8.59. The molecule has 0 spiro atoms. The van der Waals surface area contributed by atoms with Crippen LogP contribution in [0.15, 0.2) is 24.3 Å². The highest BCUT2D eigenvalue weighted by Crippen LogP contribution is 2.16. The Bertz CT molecular complexity index is 413. The topological polar surface area (TPSA) is 41.1 Å². The van der Waals surface area contributed by atoms with Crippen molar-refractivity contribution in [3.63, 3.8) is 0 Å². The second-order valence-corrected chi connectivity index (χ2v) is 5.37. The number of aryl methyl sites for hydroxylation is 1. The zero-order valence-electron chi connectivity index (χ0n) is 12.3. The minimum atomic E-state index is 0. The molecule has 0 bridgehead atoms. The predicted octanol–water partition coefficient (Wildman–Crippen LogP) is 2.85. The Morgan fingerprint density at radius 1 is 1.40 bits per heavy atom. The Labute approximate surface area is 127 Å². The van der Waals surface area contributed by atoms with Crippen LogP contribution >= 0.6 is 12.4 Å². The molecule has 112 valence electrons. The van der Waals surface area contributed by atoms with E-state index in [-0.39, 0.29) is 30.3 Å². The lowest BCUT2D eigenvalue weighted by molar-refractivity contribution is -0.126. The number of hydrogen-bond donors (Lipinski definition) is 2. The minimum Gasteiger partial charge on any atom is -0.349 e. The number of nitrogens with one attached hydrogen (secondary N) is 2. The molecule has 2 rings (SSSR count). The monoisotopic (exact) mass is 296 g/mol. The van der Waals surface area contributed by atoms with Gasteiger partial charge in [-0.15, -0.1) is 12.4 Å². The molecule has 1 aromatic rings. The van der Waals surface area contributed by atoms with Gasteiger partial charge in [-0.1, -0.05) is 31.2 Å². The molecule has 1 amide bonds. The number of rotatable bonds is 4. The maximum atomic E-state index is 12.2. The van der Waals surface area contributed by atoms with Gasteiger partial charge in [-0.3, -0.25) is 4.79 Å². The highest BCUT2D eigenvalue weighted by molar-refractivity contribution is 5.85. The normalized spacial score (nSPS) is 19.8. The van der Waals surface area contributed by atoms with Gasteiger partial charge in [-0.2, -0.15) is 0 Å². The van der Waals surface area contributed by atoms with Gasteiger partial charge in [0, 0.05) is 6.54 Å². The van der Waals surface area contributed by atoms with E-state index in [1.807, 2.05) is 0 Å². The Balaban J connectivity index is 0.00000200. The van der Waals surface area contributed by atoms with Crippen molar-refractivity contribution < 1.29 is 4.79 Å². The number of hydrogen-bond acceptors (Lipinski definition) is 2. The summed E-state index contributed by atoms with van der Waals surface area (Å²) >= 11 is 0. The van der Waals surface area contributed by atoms with E-state index in [0.717, 1.165) is 32.4 Å². The maximum Gasteiger partial charge on any atom is 0.224 e. The Morgan fingerprint density at radius 2 is 2.10 bits per heavy atom. The van der Waals surface area contributed by atoms with Gasteiger partial charge >= 0.3 is 0 Å². The second-order valence-electron chi connectivity index (χ2n) is 5.37. The van der Waals surface area contributed by atoms with Crippen LogP contribution in [0.1, 0.15) is 43.9 Å². The summed E-state index contributed by atoms with van der Waals surface area (Å²) in [5.41, 5.74) is 2.51. The highest BCUT2D eigenvalue weighted by Gasteiger charge is 2.22. The van der Waals surface area contributed by atoms with E-state index in [4.69, 9.17) is 0 Å². The van der Waals surface area contributed by atoms with Gasteiger partial charge in [0.2, 0.25) is 5.91 Å². The second kappa shape index (κ2) is 8.28. The third kappa shape index (κ3) is 4.50. The molecule has 1 unspecified atom stereocenters. The molecule has 1 saturated heterocycles. The predicted molar refractivity (Wildman–Crippen MR) is 85.2 cm³/mol. The van der Waals surface area contributed by atoms with Crippen molar-refractivity contribution >= 4 is 18.3 Å². The van der Waals surface area contributed by atoms with Crippen LogP contribution in [0.3, 0.4) is 0 Å². The van der Waals surface area contributed by atoms with E-state index in [9.17, 15) is 4.79 Å². The third-order valence-corrected chi connectivity index (χ3v) is 3.91. The first kappa shape index (κ1) is 17.0. The smallest absolute Gasteiger partial charge is 0.224 e. The zero-order chi connectivity index (χ0) is 13.7. The molecule has 1 aliphatic rings. The van der Waals surface area contributed by atoms with Crippen molar-refractivity contribution in [2.24, 2.45) is 5.92 Å². The van der Waals surface area contributed by atoms with Gasteiger partial charge in [-0.05, 0) is 43.9 Å². The van der Waals surface area contributed by atoms with E-state index >= 15 is 0 Å². The van der Waals surface area contributed by atoms with Crippen molar-refractivity contribution in [1.82, 2.24) is 10.6 Å². The van der Waals surface area contributed by atoms with E-state index in [1.165, 1.54) is 11.1 Å². The van der Waals surface area contributed by atoms with E-state index in [2.05, 4.69) is 48.7 Å². The van der Waals surface area contributed by atoms with Gasteiger partial charge in [0.15, 0.2) is 0 Å². The molecule has 1 aliphatic heterocycles. The molecule has 4 heteroatoms. The third-order valence-electron chi connectivity index (χ3n) is 3.91. The van der Waals surface area contributed by atoms with Crippen LogP contribution in [-0.4, -0.2) is 19.0 Å². The highest BCUT2D eigenvalue weighted by atomic mass is 35.5. The molecule has 1 heterocycles. The maximum absolute atomic E-state index is 12.2. The molecule has 0 saturated carbocycles. The summed E-state index contributed by atoms with van der Waals surface area (Å²) in [6.07, 6.45) is 3.15. The lowest BCUT2D eigenvalue weighted by atomic mass is 9.97. The zero-order valence-corrected chi connectivity index (χ0v) is 13.1. The quantitative estimate of drug-likeness (QED) is 0.897. The van der Waals surface area contributed by atoms with Crippen molar-refractivity contribution in [3.8, 4) is 0 Å². The van der Waals surface area contributed by atoms with Crippen LogP contribution in [0.25, 0.3) is 0 Å². The molecule has 0 aromatic heterocycles. The fourth-order valence-corrected chi connectivity index (χ4v) is 2.53. The summed E-state index contributed by atoms with van der Waals surface area (Å²) in [7, 11) is 0. The van der Waals surface area contributed by atoms with E-state index in [0.29, 0.717) is 0 Å².